The van der Waals surface area contributed by atoms with Crippen molar-refractivity contribution in [2.45, 2.75) is 26.7 Å². The first-order valence-corrected chi connectivity index (χ1v) is 5.84. The number of aromatic nitrogens is 1. The van der Waals surface area contributed by atoms with Crippen molar-refractivity contribution in [1.29, 1.82) is 0 Å². The molecule has 0 amide bonds. The van der Waals surface area contributed by atoms with Crippen LogP contribution in [0.2, 0.25) is 0 Å². The van der Waals surface area contributed by atoms with Gasteiger partial charge in [-0.05, 0) is 13.3 Å². The third kappa shape index (κ3) is 4.25. The van der Waals surface area contributed by atoms with Crippen LogP contribution in [0.1, 0.15) is 24.5 Å². The summed E-state index contributed by atoms with van der Waals surface area (Å²) in [5, 5.41) is 2.97. The van der Waals surface area contributed by atoms with E-state index < -0.39 is 0 Å². The number of hydrogen-bond acceptors (Lipinski definition) is 4. The standard InChI is InChI=1S/C11H15NO2S/c1-3-5-6-14-11(13)7-9-8-15-10(4-2)12-9/h3,5,8H,4,6-7H2,1-2H3. The molecule has 0 aliphatic heterocycles. The van der Waals surface area contributed by atoms with Gasteiger partial charge in [0.15, 0.2) is 0 Å². The van der Waals surface area contributed by atoms with Gasteiger partial charge in [-0.3, -0.25) is 4.79 Å². The highest BCUT2D eigenvalue weighted by atomic mass is 32.1. The molecule has 0 fully saturated rings. The Morgan fingerprint density at radius 3 is 3.07 bits per heavy atom. The number of carbonyl (C=O) groups is 1. The SMILES string of the molecule is CC=CCOC(=O)Cc1csc(CC)n1. The molecule has 0 saturated carbocycles. The number of hydrogen-bond donors (Lipinski definition) is 0. The average Bonchev–Trinajstić information content (AvgIpc) is 2.66. The molecule has 1 aromatic heterocycles. The highest BCUT2D eigenvalue weighted by Gasteiger charge is 2.07. The second kappa shape index (κ2) is 6.35. The Morgan fingerprint density at radius 1 is 1.67 bits per heavy atom. The minimum Gasteiger partial charge on any atom is -0.461 e. The molecular weight excluding hydrogens is 210 g/mol. The van der Waals surface area contributed by atoms with E-state index >= 15 is 0 Å². The summed E-state index contributed by atoms with van der Waals surface area (Å²) >= 11 is 1.59. The zero-order chi connectivity index (χ0) is 11.1. The summed E-state index contributed by atoms with van der Waals surface area (Å²) in [5.41, 5.74) is 0.808. The van der Waals surface area contributed by atoms with E-state index in [1.807, 2.05) is 25.3 Å². The third-order valence-corrected chi connectivity index (χ3v) is 2.85. The topological polar surface area (TPSA) is 39.2 Å². The Bertz CT molecular complexity index is 344. The maximum Gasteiger partial charge on any atom is 0.312 e. The predicted octanol–water partition coefficient (Wildman–Crippen LogP) is 2.37. The number of ether oxygens (including phenoxy) is 1. The molecule has 0 aromatic carbocycles. The Balaban J connectivity index is 2.37. The van der Waals surface area contributed by atoms with E-state index in [1.54, 1.807) is 17.4 Å². The van der Waals surface area contributed by atoms with Crippen LogP contribution in [0.15, 0.2) is 17.5 Å². The molecule has 0 radical (unpaired) electrons. The summed E-state index contributed by atoms with van der Waals surface area (Å²) in [4.78, 5) is 15.6. The van der Waals surface area contributed by atoms with Crippen LogP contribution >= 0.6 is 11.3 Å². The lowest BCUT2D eigenvalue weighted by Gasteiger charge is -1.98. The van der Waals surface area contributed by atoms with E-state index in [0.717, 1.165) is 17.1 Å². The minimum atomic E-state index is -0.221. The maximum atomic E-state index is 11.3. The smallest absolute Gasteiger partial charge is 0.312 e. The molecule has 0 unspecified atom stereocenters. The Hall–Kier alpha value is -1.16. The molecule has 0 N–H and O–H groups in total. The molecule has 0 aliphatic carbocycles. The van der Waals surface area contributed by atoms with Crippen molar-refractivity contribution in [1.82, 2.24) is 4.98 Å². The van der Waals surface area contributed by atoms with Crippen molar-refractivity contribution in [2.75, 3.05) is 6.61 Å². The van der Waals surface area contributed by atoms with Crippen LogP contribution in [0.5, 0.6) is 0 Å². The normalized spacial score (nSPS) is 10.8. The average molecular weight is 225 g/mol. The number of allylic oxidation sites excluding steroid dienone is 1. The maximum absolute atomic E-state index is 11.3. The van der Waals surface area contributed by atoms with Gasteiger partial charge in [-0.15, -0.1) is 11.3 Å². The lowest BCUT2D eigenvalue weighted by atomic mass is 10.3. The van der Waals surface area contributed by atoms with E-state index in [2.05, 4.69) is 4.98 Å². The fraction of sp³-hybridized carbons (Fsp3) is 0.455. The second-order valence-electron chi connectivity index (χ2n) is 3.01. The van der Waals surface area contributed by atoms with Crippen LogP contribution in [-0.2, 0) is 22.4 Å². The molecule has 0 atom stereocenters. The number of carbonyl (C=O) groups excluding carboxylic acids is 1. The van der Waals surface area contributed by atoms with Gasteiger partial charge in [0.05, 0.1) is 17.1 Å². The van der Waals surface area contributed by atoms with Gasteiger partial charge in [-0.2, -0.15) is 0 Å². The van der Waals surface area contributed by atoms with E-state index in [-0.39, 0.29) is 12.4 Å². The van der Waals surface area contributed by atoms with Crippen molar-refractivity contribution >= 4 is 17.3 Å². The first kappa shape index (κ1) is 11.9. The van der Waals surface area contributed by atoms with Crippen molar-refractivity contribution < 1.29 is 9.53 Å². The van der Waals surface area contributed by atoms with Crippen molar-refractivity contribution in [2.24, 2.45) is 0 Å². The van der Waals surface area contributed by atoms with Crippen molar-refractivity contribution in [3.63, 3.8) is 0 Å². The number of rotatable bonds is 5. The monoisotopic (exact) mass is 225 g/mol. The van der Waals surface area contributed by atoms with E-state index in [1.165, 1.54) is 0 Å². The number of thiazole rings is 1. The third-order valence-electron chi connectivity index (χ3n) is 1.80. The Labute approximate surface area is 93.8 Å². The van der Waals surface area contributed by atoms with Crippen LogP contribution in [0.4, 0.5) is 0 Å². The first-order chi connectivity index (χ1) is 7.26. The van der Waals surface area contributed by atoms with Crippen LogP contribution in [0, 0.1) is 0 Å². The summed E-state index contributed by atoms with van der Waals surface area (Å²) in [6.45, 7) is 4.29. The van der Waals surface area contributed by atoms with Crippen LogP contribution in [0.25, 0.3) is 0 Å². The molecule has 0 spiro atoms. The molecule has 3 nitrogen and oxygen atoms in total. The molecule has 82 valence electrons. The van der Waals surface area contributed by atoms with Crippen LogP contribution in [0.3, 0.4) is 0 Å². The fourth-order valence-corrected chi connectivity index (χ4v) is 1.77. The van der Waals surface area contributed by atoms with Crippen molar-refractivity contribution in [3.8, 4) is 0 Å². The van der Waals surface area contributed by atoms with E-state index in [0.29, 0.717) is 6.61 Å². The molecule has 0 bridgehead atoms. The van der Waals surface area contributed by atoms with Gasteiger partial charge < -0.3 is 4.74 Å². The molecule has 4 heteroatoms. The Morgan fingerprint density at radius 2 is 2.47 bits per heavy atom. The zero-order valence-electron chi connectivity index (χ0n) is 9.03. The first-order valence-electron chi connectivity index (χ1n) is 4.96. The summed E-state index contributed by atoms with van der Waals surface area (Å²) < 4.78 is 4.97. The van der Waals surface area contributed by atoms with Crippen molar-refractivity contribution in [3.05, 3.63) is 28.2 Å². The summed E-state index contributed by atoms with van der Waals surface area (Å²) in [6.07, 6.45) is 4.84. The van der Waals surface area contributed by atoms with Gasteiger partial charge in [0, 0.05) is 5.38 Å². The fourth-order valence-electron chi connectivity index (χ4n) is 1.03. The number of aryl methyl sites for hydroxylation is 1. The molecule has 1 aromatic rings. The van der Waals surface area contributed by atoms with Crippen LogP contribution < -0.4 is 0 Å². The lowest BCUT2D eigenvalue weighted by molar-refractivity contribution is -0.141. The summed E-state index contributed by atoms with van der Waals surface area (Å²) in [5.74, 6) is -0.221. The molecule has 0 aliphatic rings. The van der Waals surface area contributed by atoms with Gasteiger partial charge in [-0.1, -0.05) is 19.1 Å². The quantitative estimate of drug-likeness (QED) is 0.570. The van der Waals surface area contributed by atoms with E-state index in [4.69, 9.17) is 4.74 Å². The summed E-state index contributed by atoms with van der Waals surface area (Å²) in [7, 11) is 0. The van der Waals surface area contributed by atoms with Gasteiger partial charge in [0.1, 0.15) is 6.61 Å². The second-order valence-corrected chi connectivity index (χ2v) is 3.96. The van der Waals surface area contributed by atoms with Gasteiger partial charge in [0.25, 0.3) is 0 Å². The molecule has 15 heavy (non-hydrogen) atoms. The lowest BCUT2D eigenvalue weighted by Crippen LogP contribution is -2.08. The molecular formula is C11H15NO2S. The largest absolute Gasteiger partial charge is 0.461 e. The van der Waals surface area contributed by atoms with Gasteiger partial charge in [-0.25, -0.2) is 4.98 Å². The Kier molecular flexibility index (Phi) is 5.04. The van der Waals surface area contributed by atoms with Crippen LogP contribution in [-0.4, -0.2) is 17.6 Å². The minimum absolute atomic E-state index is 0.221. The van der Waals surface area contributed by atoms with E-state index in [9.17, 15) is 4.79 Å². The predicted molar refractivity (Wildman–Crippen MR) is 61.0 cm³/mol. The summed E-state index contributed by atoms with van der Waals surface area (Å²) in [6, 6.07) is 0. The number of nitrogens with zero attached hydrogens (tertiary/aromatic N) is 1. The highest BCUT2D eigenvalue weighted by Crippen LogP contribution is 2.10. The highest BCUT2D eigenvalue weighted by molar-refractivity contribution is 7.09. The molecule has 1 rings (SSSR count). The zero-order valence-corrected chi connectivity index (χ0v) is 9.84. The van der Waals surface area contributed by atoms with Gasteiger partial charge in [0.2, 0.25) is 0 Å². The molecule has 0 saturated heterocycles. The number of esters is 1. The van der Waals surface area contributed by atoms with Gasteiger partial charge >= 0.3 is 5.97 Å². The molecule has 1 heterocycles.